The number of nitrogens with one attached hydrogen (secondary N) is 2. The number of anilines is 1. The van der Waals surface area contributed by atoms with E-state index in [4.69, 9.17) is 5.26 Å². The quantitative estimate of drug-likeness (QED) is 0.736. The molecule has 0 aliphatic carbocycles. The van der Waals surface area contributed by atoms with Gasteiger partial charge in [-0.15, -0.1) is 0 Å². The SMILES string of the molecule is CC(Nc1ccc(C(F)(F)F)cc1C#N)c1nc2ccccc2[nH]1. The van der Waals surface area contributed by atoms with Gasteiger partial charge >= 0.3 is 6.18 Å². The van der Waals surface area contributed by atoms with E-state index in [1.807, 2.05) is 31.2 Å². The molecule has 0 amide bonds. The Kier molecular flexibility index (Phi) is 3.89. The summed E-state index contributed by atoms with van der Waals surface area (Å²) in [6.45, 7) is 1.82. The van der Waals surface area contributed by atoms with Crippen LogP contribution in [-0.4, -0.2) is 9.97 Å². The molecule has 0 saturated heterocycles. The number of fused-ring (bicyclic) bond motifs is 1. The van der Waals surface area contributed by atoms with Crippen LogP contribution < -0.4 is 5.32 Å². The molecular weight excluding hydrogens is 317 g/mol. The first-order valence-electron chi connectivity index (χ1n) is 7.21. The van der Waals surface area contributed by atoms with E-state index < -0.39 is 11.7 Å². The first-order valence-corrected chi connectivity index (χ1v) is 7.21. The van der Waals surface area contributed by atoms with Crippen molar-refractivity contribution < 1.29 is 13.2 Å². The number of para-hydroxylation sites is 2. The number of hydrogen-bond acceptors (Lipinski definition) is 3. The molecule has 1 unspecified atom stereocenters. The summed E-state index contributed by atoms with van der Waals surface area (Å²) in [5.41, 5.74) is 1.09. The predicted molar refractivity (Wildman–Crippen MR) is 84.3 cm³/mol. The monoisotopic (exact) mass is 330 g/mol. The van der Waals surface area contributed by atoms with Crippen molar-refractivity contribution in [3.8, 4) is 6.07 Å². The molecule has 7 heteroatoms. The Morgan fingerprint density at radius 2 is 1.96 bits per heavy atom. The topological polar surface area (TPSA) is 64.5 Å². The van der Waals surface area contributed by atoms with Gasteiger partial charge in [-0.2, -0.15) is 18.4 Å². The molecule has 0 saturated carbocycles. The number of aromatic amines is 1. The van der Waals surface area contributed by atoms with Crippen LogP contribution in [-0.2, 0) is 6.18 Å². The molecule has 4 nitrogen and oxygen atoms in total. The third kappa shape index (κ3) is 3.04. The molecule has 1 aromatic heterocycles. The number of H-pyrrole nitrogens is 1. The van der Waals surface area contributed by atoms with Gasteiger partial charge in [0.1, 0.15) is 11.9 Å². The molecule has 0 radical (unpaired) electrons. The van der Waals surface area contributed by atoms with Crippen LogP contribution in [0.3, 0.4) is 0 Å². The summed E-state index contributed by atoms with van der Waals surface area (Å²) >= 11 is 0. The average molecular weight is 330 g/mol. The number of nitrogens with zero attached hydrogens (tertiary/aromatic N) is 2. The minimum absolute atomic E-state index is 0.0622. The molecule has 24 heavy (non-hydrogen) atoms. The number of rotatable bonds is 3. The third-order valence-electron chi connectivity index (χ3n) is 3.66. The zero-order valence-corrected chi connectivity index (χ0v) is 12.6. The second-order valence-corrected chi connectivity index (χ2v) is 5.38. The molecule has 0 fully saturated rings. The Morgan fingerprint density at radius 1 is 1.21 bits per heavy atom. The number of imidazole rings is 1. The van der Waals surface area contributed by atoms with Gasteiger partial charge < -0.3 is 10.3 Å². The molecule has 3 aromatic rings. The van der Waals surface area contributed by atoms with Gasteiger partial charge in [0.2, 0.25) is 0 Å². The van der Waals surface area contributed by atoms with Crippen LogP contribution in [0.1, 0.15) is 29.9 Å². The molecule has 0 spiro atoms. The van der Waals surface area contributed by atoms with E-state index in [9.17, 15) is 13.2 Å². The predicted octanol–water partition coefficient (Wildman–Crippen LogP) is 4.63. The Bertz CT molecular complexity index is 888. The minimum Gasteiger partial charge on any atom is -0.374 e. The molecule has 1 heterocycles. The minimum atomic E-state index is -4.48. The van der Waals surface area contributed by atoms with Gasteiger partial charge in [0.25, 0.3) is 0 Å². The van der Waals surface area contributed by atoms with Crippen molar-refractivity contribution in [1.29, 1.82) is 5.26 Å². The van der Waals surface area contributed by atoms with Crippen LogP contribution in [0.4, 0.5) is 18.9 Å². The highest BCUT2D eigenvalue weighted by Gasteiger charge is 2.31. The highest BCUT2D eigenvalue weighted by Crippen LogP contribution is 2.32. The van der Waals surface area contributed by atoms with Crippen molar-refractivity contribution >= 4 is 16.7 Å². The molecule has 122 valence electrons. The van der Waals surface area contributed by atoms with Gasteiger partial charge in [-0.05, 0) is 37.3 Å². The molecule has 1 atom stereocenters. The summed E-state index contributed by atoms with van der Waals surface area (Å²) in [6, 6.07) is 12.1. The van der Waals surface area contributed by atoms with Gasteiger partial charge in [-0.3, -0.25) is 0 Å². The maximum absolute atomic E-state index is 12.7. The Hall–Kier alpha value is -3.01. The average Bonchev–Trinajstić information content (AvgIpc) is 2.98. The number of alkyl halides is 3. The number of nitriles is 1. The summed E-state index contributed by atoms with van der Waals surface area (Å²) < 4.78 is 38.2. The lowest BCUT2D eigenvalue weighted by molar-refractivity contribution is -0.137. The molecule has 0 bridgehead atoms. The van der Waals surface area contributed by atoms with Crippen molar-refractivity contribution in [2.24, 2.45) is 0 Å². The zero-order chi connectivity index (χ0) is 17.3. The van der Waals surface area contributed by atoms with Crippen LogP contribution in [0.25, 0.3) is 11.0 Å². The molecule has 2 N–H and O–H groups in total. The Labute approximate surface area is 135 Å². The summed E-state index contributed by atoms with van der Waals surface area (Å²) in [7, 11) is 0. The Morgan fingerprint density at radius 3 is 2.62 bits per heavy atom. The lowest BCUT2D eigenvalue weighted by Gasteiger charge is -2.15. The standard InChI is InChI=1S/C17H13F3N4/c1-10(16-23-14-4-2-3-5-15(14)24-16)22-13-7-6-12(17(18,19)20)8-11(13)9-21/h2-8,10,22H,1H3,(H,23,24). The molecule has 2 aromatic carbocycles. The van der Waals surface area contributed by atoms with E-state index in [-0.39, 0.29) is 11.6 Å². The van der Waals surface area contributed by atoms with Gasteiger partial charge in [0.15, 0.2) is 0 Å². The van der Waals surface area contributed by atoms with Gasteiger partial charge in [-0.25, -0.2) is 4.98 Å². The fourth-order valence-electron chi connectivity index (χ4n) is 2.42. The van der Waals surface area contributed by atoms with Crippen molar-refractivity contribution in [3.05, 3.63) is 59.4 Å². The number of hydrogen-bond donors (Lipinski definition) is 2. The van der Waals surface area contributed by atoms with Gasteiger partial charge in [0.05, 0.1) is 33.9 Å². The highest BCUT2D eigenvalue weighted by atomic mass is 19.4. The molecule has 0 aliphatic heterocycles. The third-order valence-corrected chi connectivity index (χ3v) is 3.66. The first kappa shape index (κ1) is 15.9. The van der Waals surface area contributed by atoms with E-state index >= 15 is 0 Å². The largest absolute Gasteiger partial charge is 0.416 e. The van der Waals surface area contributed by atoms with Gasteiger partial charge in [0, 0.05) is 0 Å². The molecular formula is C17H13F3N4. The van der Waals surface area contributed by atoms with E-state index in [1.54, 1.807) is 6.07 Å². The van der Waals surface area contributed by atoms with Crippen LogP contribution >= 0.6 is 0 Å². The fraction of sp³-hybridized carbons (Fsp3) is 0.176. The van der Waals surface area contributed by atoms with E-state index in [2.05, 4.69) is 15.3 Å². The van der Waals surface area contributed by atoms with E-state index in [0.717, 1.165) is 23.2 Å². The smallest absolute Gasteiger partial charge is 0.374 e. The van der Waals surface area contributed by atoms with Gasteiger partial charge in [-0.1, -0.05) is 12.1 Å². The van der Waals surface area contributed by atoms with Crippen LogP contribution in [0.2, 0.25) is 0 Å². The van der Waals surface area contributed by atoms with Crippen molar-refractivity contribution in [1.82, 2.24) is 9.97 Å². The van der Waals surface area contributed by atoms with Crippen molar-refractivity contribution in [2.75, 3.05) is 5.32 Å². The number of halogens is 3. The first-order chi connectivity index (χ1) is 11.4. The number of aromatic nitrogens is 2. The maximum Gasteiger partial charge on any atom is 0.416 e. The number of benzene rings is 2. The normalized spacial score (nSPS) is 12.8. The van der Waals surface area contributed by atoms with Crippen molar-refractivity contribution in [3.63, 3.8) is 0 Å². The fourth-order valence-corrected chi connectivity index (χ4v) is 2.42. The van der Waals surface area contributed by atoms with Crippen LogP contribution in [0.15, 0.2) is 42.5 Å². The summed E-state index contributed by atoms with van der Waals surface area (Å²) in [5, 5.41) is 12.2. The Balaban J connectivity index is 1.88. The second-order valence-electron chi connectivity index (χ2n) is 5.38. The second kappa shape index (κ2) is 5.89. The lowest BCUT2D eigenvalue weighted by atomic mass is 10.1. The van der Waals surface area contributed by atoms with E-state index in [1.165, 1.54) is 6.07 Å². The highest BCUT2D eigenvalue weighted by molar-refractivity contribution is 5.75. The zero-order valence-electron chi connectivity index (χ0n) is 12.6. The summed E-state index contributed by atoms with van der Waals surface area (Å²) in [6.07, 6.45) is -4.48. The summed E-state index contributed by atoms with van der Waals surface area (Å²) in [4.78, 5) is 7.59. The molecule has 0 aliphatic rings. The molecule has 3 rings (SSSR count). The van der Waals surface area contributed by atoms with Crippen molar-refractivity contribution in [2.45, 2.75) is 19.1 Å². The lowest BCUT2D eigenvalue weighted by Crippen LogP contribution is -2.11. The summed E-state index contributed by atoms with van der Waals surface area (Å²) in [5.74, 6) is 0.639. The van der Waals surface area contributed by atoms with E-state index in [0.29, 0.717) is 11.5 Å². The maximum atomic E-state index is 12.7. The van der Waals surface area contributed by atoms with Crippen LogP contribution in [0, 0.1) is 11.3 Å². The van der Waals surface area contributed by atoms with Crippen LogP contribution in [0.5, 0.6) is 0 Å².